The Hall–Kier alpha value is -3.47. The summed E-state index contributed by atoms with van der Waals surface area (Å²) in [5, 5.41) is 16.5. The SMILES string of the molecule is CC(C)n1c(=O)c2c(-c3cn(C#N)nn3)ncn2c2ccccc21. The van der Waals surface area contributed by atoms with E-state index in [4.69, 9.17) is 5.26 Å². The maximum Gasteiger partial charge on any atom is 0.277 e. The third-order valence-corrected chi connectivity index (χ3v) is 3.94. The highest BCUT2D eigenvalue weighted by Gasteiger charge is 2.19. The van der Waals surface area contributed by atoms with Gasteiger partial charge in [0.1, 0.15) is 23.2 Å². The molecule has 0 aliphatic heterocycles. The molecule has 4 aromatic rings. The summed E-state index contributed by atoms with van der Waals surface area (Å²) in [5.41, 5.74) is 2.81. The van der Waals surface area contributed by atoms with Crippen LogP contribution in [0.25, 0.3) is 27.9 Å². The van der Waals surface area contributed by atoms with Crippen LogP contribution < -0.4 is 5.56 Å². The smallest absolute Gasteiger partial charge is 0.277 e. The monoisotopic (exact) mass is 319 g/mol. The van der Waals surface area contributed by atoms with Gasteiger partial charge in [-0.15, -0.1) is 5.10 Å². The number of benzene rings is 1. The highest BCUT2D eigenvalue weighted by atomic mass is 16.1. The standard InChI is InChI=1S/C16H13N7O/c1-10(2)23-13-6-4-3-5-12(13)22-9-18-14(15(22)16(23)24)11-7-21(8-17)20-19-11/h3-7,9-10H,1-2H3. The minimum atomic E-state index is -0.150. The predicted molar refractivity (Wildman–Crippen MR) is 87.4 cm³/mol. The number of fused-ring (bicyclic) bond motifs is 3. The molecule has 8 nitrogen and oxygen atoms in total. The Balaban J connectivity index is 2.17. The van der Waals surface area contributed by atoms with Crippen molar-refractivity contribution < 1.29 is 0 Å². The fourth-order valence-corrected chi connectivity index (χ4v) is 2.95. The van der Waals surface area contributed by atoms with E-state index in [0.717, 1.165) is 15.7 Å². The Bertz CT molecular complexity index is 1170. The Morgan fingerprint density at radius 1 is 1.21 bits per heavy atom. The summed E-state index contributed by atoms with van der Waals surface area (Å²) in [5.74, 6) is 0. The van der Waals surface area contributed by atoms with E-state index < -0.39 is 0 Å². The molecule has 0 aliphatic rings. The zero-order chi connectivity index (χ0) is 16.8. The van der Waals surface area contributed by atoms with Crippen LogP contribution in [0.5, 0.6) is 0 Å². The Kier molecular flexibility index (Phi) is 2.96. The van der Waals surface area contributed by atoms with Crippen molar-refractivity contribution in [1.82, 2.24) is 28.9 Å². The molecule has 0 bridgehead atoms. The number of nitrogens with zero attached hydrogens (tertiary/aromatic N) is 7. The van der Waals surface area contributed by atoms with Crippen LogP contribution in [0.15, 0.2) is 41.6 Å². The first-order chi connectivity index (χ1) is 11.6. The first-order valence-corrected chi connectivity index (χ1v) is 7.45. The Morgan fingerprint density at radius 3 is 2.62 bits per heavy atom. The van der Waals surface area contributed by atoms with Crippen LogP contribution >= 0.6 is 0 Å². The zero-order valence-corrected chi connectivity index (χ0v) is 13.1. The maximum absolute atomic E-state index is 13.1. The van der Waals surface area contributed by atoms with Crippen LogP contribution in [-0.2, 0) is 0 Å². The number of hydrogen-bond acceptors (Lipinski definition) is 5. The molecule has 1 aromatic carbocycles. The van der Waals surface area contributed by atoms with Gasteiger partial charge >= 0.3 is 0 Å². The van der Waals surface area contributed by atoms with Gasteiger partial charge in [0.05, 0.1) is 17.2 Å². The Labute approximate surface area is 136 Å². The fraction of sp³-hybridized carbons (Fsp3) is 0.188. The highest BCUT2D eigenvalue weighted by Crippen LogP contribution is 2.23. The second kappa shape index (κ2) is 5.03. The van der Waals surface area contributed by atoms with Gasteiger partial charge in [-0.1, -0.05) is 17.3 Å². The van der Waals surface area contributed by atoms with Gasteiger partial charge in [-0.3, -0.25) is 9.20 Å². The second-order valence-electron chi connectivity index (χ2n) is 5.72. The average Bonchev–Trinajstić information content (AvgIpc) is 3.21. The number of para-hydroxylation sites is 2. The summed E-state index contributed by atoms with van der Waals surface area (Å²) >= 11 is 0. The number of imidazole rings is 1. The van der Waals surface area contributed by atoms with Crippen LogP contribution in [-0.4, -0.2) is 28.9 Å². The first kappa shape index (κ1) is 14.1. The molecular formula is C16H13N7O. The third kappa shape index (κ3) is 1.85. The quantitative estimate of drug-likeness (QED) is 0.562. The number of nitriles is 1. The summed E-state index contributed by atoms with van der Waals surface area (Å²) in [7, 11) is 0. The van der Waals surface area contributed by atoms with Crippen LogP contribution in [0.2, 0.25) is 0 Å². The van der Waals surface area contributed by atoms with E-state index in [1.165, 1.54) is 6.20 Å². The summed E-state index contributed by atoms with van der Waals surface area (Å²) in [6.07, 6.45) is 4.91. The lowest BCUT2D eigenvalue weighted by Crippen LogP contribution is -2.24. The van der Waals surface area contributed by atoms with Gasteiger partial charge in [-0.05, 0) is 26.0 Å². The molecule has 0 fully saturated rings. The van der Waals surface area contributed by atoms with E-state index in [2.05, 4.69) is 15.3 Å². The molecule has 8 heteroatoms. The molecule has 0 saturated carbocycles. The van der Waals surface area contributed by atoms with E-state index in [9.17, 15) is 4.79 Å². The maximum atomic E-state index is 13.1. The van der Waals surface area contributed by atoms with Gasteiger partial charge in [0.25, 0.3) is 5.56 Å². The van der Waals surface area contributed by atoms with Gasteiger partial charge < -0.3 is 4.57 Å². The summed E-state index contributed by atoms with van der Waals surface area (Å²) < 4.78 is 4.53. The van der Waals surface area contributed by atoms with Crippen molar-refractivity contribution in [3.05, 3.63) is 47.1 Å². The third-order valence-electron chi connectivity index (χ3n) is 3.94. The first-order valence-electron chi connectivity index (χ1n) is 7.45. The van der Waals surface area contributed by atoms with E-state index >= 15 is 0 Å². The molecule has 0 saturated heterocycles. The van der Waals surface area contributed by atoms with Crippen molar-refractivity contribution in [3.63, 3.8) is 0 Å². The highest BCUT2D eigenvalue weighted by molar-refractivity contribution is 5.84. The lowest BCUT2D eigenvalue weighted by molar-refractivity contribution is 0.601. The van der Waals surface area contributed by atoms with Crippen molar-refractivity contribution in [2.24, 2.45) is 0 Å². The average molecular weight is 319 g/mol. The minimum absolute atomic E-state index is 0.00931. The van der Waals surface area contributed by atoms with Gasteiger partial charge in [0.15, 0.2) is 0 Å². The summed E-state index contributed by atoms with van der Waals surface area (Å²) in [4.78, 5) is 17.4. The topological polar surface area (TPSA) is 93.8 Å². The van der Waals surface area contributed by atoms with Crippen molar-refractivity contribution >= 4 is 16.6 Å². The molecule has 24 heavy (non-hydrogen) atoms. The van der Waals surface area contributed by atoms with Crippen LogP contribution in [0, 0.1) is 11.5 Å². The lowest BCUT2D eigenvalue weighted by atomic mass is 10.2. The van der Waals surface area contributed by atoms with Crippen molar-refractivity contribution in [3.8, 4) is 17.6 Å². The number of aromatic nitrogens is 6. The molecular weight excluding hydrogens is 306 g/mol. The fourth-order valence-electron chi connectivity index (χ4n) is 2.95. The van der Waals surface area contributed by atoms with Crippen LogP contribution in [0.1, 0.15) is 19.9 Å². The van der Waals surface area contributed by atoms with Crippen molar-refractivity contribution in [1.29, 1.82) is 5.26 Å². The predicted octanol–water partition coefficient (Wildman–Crippen LogP) is 1.82. The molecule has 0 spiro atoms. The van der Waals surface area contributed by atoms with Crippen molar-refractivity contribution in [2.45, 2.75) is 19.9 Å². The molecule has 0 amide bonds. The Morgan fingerprint density at radius 2 is 1.96 bits per heavy atom. The van der Waals surface area contributed by atoms with E-state index in [0.29, 0.717) is 16.9 Å². The van der Waals surface area contributed by atoms with Gasteiger partial charge in [-0.2, -0.15) is 9.94 Å². The summed E-state index contributed by atoms with van der Waals surface area (Å²) in [6.45, 7) is 3.93. The van der Waals surface area contributed by atoms with Gasteiger partial charge in [-0.25, -0.2) is 4.98 Å². The van der Waals surface area contributed by atoms with Gasteiger partial charge in [0.2, 0.25) is 6.19 Å². The second-order valence-corrected chi connectivity index (χ2v) is 5.72. The molecule has 3 aromatic heterocycles. The molecule has 3 heterocycles. The molecule has 0 unspecified atom stereocenters. The normalized spacial score (nSPS) is 11.4. The molecule has 0 radical (unpaired) electrons. The van der Waals surface area contributed by atoms with E-state index in [1.807, 2.05) is 44.3 Å². The molecule has 118 valence electrons. The van der Waals surface area contributed by atoms with Crippen molar-refractivity contribution in [2.75, 3.05) is 0 Å². The lowest BCUT2D eigenvalue weighted by Gasteiger charge is -2.15. The van der Waals surface area contributed by atoms with Gasteiger partial charge in [0, 0.05) is 6.04 Å². The number of rotatable bonds is 2. The van der Waals surface area contributed by atoms with E-state index in [1.54, 1.807) is 15.3 Å². The largest absolute Gasteiger partial charge is 0.302 e. The zero-order valence-electron chi connectivity index (χ0n) is 13.1. The molecule has 0 N–H and O–H groups in total. The molecule has 0 atom stereocenters. The summed E-state index contributed by atoms with van der Waals surface area (Å²) in [6, 6.07) is 7.68. The number of hydrogen-bond donors (Lipinski definition) is 0. The van der Waals surface area contributed by atoms with Crippen LogP contribution in [0.4, 0.5) is 0 Å². The molecule has 0 aliphatic carbocycles. The van der Waals surface area contributed by atoms with E-state index in [-0.39, 0.29) is 11.6 Å². The minimum Gasteiger partial charge on any atom is -0.302 e. The van der Waals surface area contributed by atoms with Crippen LogP contribution in [0.3, 0.4) is 0 Å². The molecule has 4 rings (SSSR count).